The minimum atomic E-state index is -0.310. The molecule has 30 heavy (non-hydrogen) atoms. The van der Waals surface area contributed by atoms with Crippen LogP contribution in [0.5, 0.6) is 11.5 Å². The van der Waals surface area contributed by atoms with Gasteiger partial charge in [0.15, 0.2) is 5.76 Å². The first-order valence-electron chi connectivity index (χ1n) is 9.54. The van der Waals surface area contributed by atoms with Gasteiger partial charge < -0.3 is 19.2 Å². The first kappa shape index (κ1) is 19.3. The van der Waals surface area contributed by atoms with E-state index < -0.39 is 0 Å². The standard InChI is InChI=1S/C25H21NO4/c1-28-21-8-5-9-22(16-21)29-17-23-14-15-24(30-23)25(27)26-20-12-10-19(11-13-20)18-6-3-2-4-7-18/h2-16H,17H2,1H3,(H,26,27). The van der Waals surface area contributed by atoms with Crippen LogP contribution in [-0.4, -0.2) is 13.0 Å². The Balaban J connectivity index is 1.35. The molecule has 0 unspecified atom stereocenters. The quantitative estimate of drug-likeness (QED) is 0.427. The van der Waals surface area contributed by atoms with Gasteiger partial charge in [-0.1, -0.05) is 48.5 Å². The molecule has 4 rings (SSSR count). The summed E-state index contributed by atoms with van der Waals surface area (Å²) in [4.78, 5) is 12.5. The molecule has 0 radical (unpaired) electrons. The van der Waals surface area contributed by atoms with Crippen LogP contribution < -0.4 is 14.8 Å². The van der Waals surface area contributed by atoms with Crippen LogP contribution in [0.15, 0.2) is 95.4 Å². The lowest BCUT2D eigenvalue weighted by Gasteiger charge is -2.07. The van der Waals surface area contributed by atoms with Crippen molar-refractivity contribution in [1.82, 2.24) is 0 Å². The van der Waals surface area contributed by atoms with Gasteiger partial charge in [0.25, 0.3) is 5.91 Å². The fourth-order valence-electron chi connectivity index (χ4n) is 2.99. The van der Waals surface area contributed by atoms with Crippen LogP contribution in [-0.2, 0) is 6.61 Å². The number of anilines is 1. The summed E-state index contributed by atoms with van der Waals surface area (Å²) < 4.78 is 16.5. The number of ether oxygens (including phenoxy) is 2. The van der Waals surface area contributed by atoms with Gasteiger partial charge in [0.05, 0.1) is 7.11 Å². The molecular formula is C25H21NO4. The van der Waals surface area contributed by atoms with E-state index in [1.807, 2.05) is 72.8 Å². The average molecular weight is 399 g/mol. The Hall–Kier alpha value is -3.99. The third kappa shape index (κ3) is 4.70. The van der Waals surface area contributed by atoms with Crippen molar-refractivity contribution in [3.05, 3.63) is 103 Å². The van der Waals surface area contributed by atoms with Crippen molar-refractivity contribution in [2.75, 3.05) is 12.4 Å². The number of rotatable bonds is 7. The predicted octanol–water partition coefficient (Wildman–Crippen LogP) is 5.79. The van der Waals surface area contributed by atoms with Gasteiger partial charge in [0.1, 0.15) is 23.9 Å². The number of benzene rings is 3. The normalized spacial score (nSPS) is 10.4. The van der Waals surface area contributed by atoms with Crippen molar-refractivity contribution in [3.8, 4) is 22.6 Å². The molecule has 4 aromatic rings. The van der Waals surface area contributed by atoms with E-state index in [4.69, 9.17) is 13.9 Å². The second-order valence-corrected chi connectivity index (χ2v) is 6.63. The molecule has 0 aliphatic carbocycles. The van der Waals surface area contributed by atoms with Crippen LogP contribution in [0, 0.1) is 0 Å². The number of hydrogen-bond donors (Lipinski definition) is 1. The van der Waals surface area contributed by atoms with Crippen LogP contribution in [0.3, 0.4) is 0 Å². The minimum absolute atomic E-state index is 0.215. The number of amides is 1. The molecule has 0 bridgehead atoms. The fourth-order valence-corrected chi connectivity index (χ4v) is 2.99. The minimum Gasteiger partial charge on any atom is -0.497 e. The third-order valence-electron chi connectivity index (χ3n) is 4.56. The zero-order valence-electron chi connectivity index (χ0n) is 16.5. The topological polar surface area (TPSA) is 60.7 Å². The summed E-state index contributed by atoms with van der Waals surface area (Å²) in [5, 5.41) is 2.85. The maximum Gasteiger partial charge on any atom is 0.291 e. The number of carbonyl (C=O) groups is 1. The Morgan fingerprint density at radius 3 is 2.33 bits per heavy atom. The molecule has 0 aliphatic heterocycles. The molecule has 150 valence electrons. The van der Waals surface area contributed by atoms with E-state index in [1.165, 1.54) is 0 Å². The largest absolute Gasteiger partial charge is 0.497 e. The Morgan fingerprint density at radius 1 is 0.833 bits per heavy atom. The summed E-state index contributed by atoms with van der Waals surface area (Å²) in [6.07, 6.45) is 0. The van der Waals surface area contributed by atoms with Crippen molar-refractivity contribution >= 4 is 11.6 Å². The molecule has 0 fully saturated rings. The summed E-state index contributed by atoms with van der Waals surface area (Å²) in [6, 6.07) is 28.4. The van der Waals surface area contributed by atoms with Gasteiger partial charge in [-0.15, -0.1) is 0 Å². The Bertz CT molecular complexity index is 1120. The monoisotopic (exact) mass is 399 g/mol. The van der Waals surface area contributed by atoms with E-state index in [1.54, 1.807) is 25.3 Å². The summed E-state index contributed by atoms with van der Waals surface area (Å²) >= 11 is 0. The first-order valence-corrected chi connectivity index (χ1v) is 9.54. The Labute approximate surface area is 174 Å². The Kier molecular flexibility index (Phi) is 5.80. The average Bonchev–Trinajstić information content (AvgIpc) is 3.28. The summed E-state index contributed by atoms with van der Waals surface area (Å²) in [7, 11) is 1.60. The molecule has 3 aromatic carbocycles. The molecule has 5 nitrogen and oxygen atoms in total. The Morgan fingerprint density at radius 2 is 1.57 bits per heavy atom. The van der Waals surface area contributed by atoms with E-state index in [-0.39, 0.29) is 18.3 Å². The van der Waals surface area contributed by atoms with Crippen molar-refractivity contribution < 1.29 is 18.7 Å². The van der Waals surface area contributed by atoms with E-state index >= 15 is 0 Å². The van der Waals surface area contributed by atoms with Crippen LogP contribution in [0.1, 0.15) is 16.3 Å². The molecule has 5 heteroatoms. The predicted molar refractivity (Wildman–Crippen MR) is 116 cm³/mol. The van der Waals surface area contributed by atoms with Gasteiger partial charge in [-0.2, -0.15) is 0 Å². The van der Waals surface area contributed by atoms with Crippen LogP contribution in [0.25, 0.3) is 11.1 Å². The second-order valence-electron chi connectivity index (χ2n) is 6.63. The SMILES string of the molecule is COc1cccc(OCc2ccc(C(=O)Nc3ccc(-c4ccccc4)cc3)o2)c1. The van der Waals surface area contributed by atoms with E-state index in [2.05, 4.69) is 5.32 Å². The lowest BCUT2D eigenvalue weighted by atomic mass is 10.1. The first-order chi connectivity index (χ1) is 14.7. The highest BCUT2D eigenvalue weighted by Gasteiger charge is 2.12. The van der Waals surface area contributed by atoms with Crippen molar-refractivity contribution in [2.45, 2.75) is 6.61 Å². The lowest BCUT2D eigenvalue weighted by molar-refractivity contribution is 0.0992. The highest BCUT2D eigenvalue weighted by molar-refractivity contribution is 6.02. The van der Waals surface area contributed by atoms with Gasteiger partial charge in [-0.3, -0.25) is 4.79 Å². The summed E-state index contributed by atoms with van der Waals surface area (Å²) in [5.41, 5.74) is 2.91. The molecular weight excluding hydrogens is 378 g/mol. The second kappa shape index (κ2) is 9.01. The number of furan rings is 1. The van der Waals surface area contributed by atoms with Gasteiger partial charge in [0, 0.05) is 11.8 Å². The van der Waals surface area contributed by atoms with Gasteiger partial charge >= 0.3 is 0 Å². The molecule has 0 aliphatic rings. The van der Waals surface area contributed by atoms with Crippen LogP contribution in [0.4, 0.5) is 5.69 Å². The third-order valence-corrected chi connectivity index (χ3v) is 4.56. The number of hydrogen-bond acceptors (Lipinski definition) is 4. The van der Waals surface area contributed by atoms with Crippen LogP contribution in [0.2, 0.25) is 0 Å². The maximum atomic E-state index is 12.5. The molecule has 1 N–H and O–H groups in total. The summed E-state index contributed by atoms with van der Waals surface area (Å²) in [6.45, 7) is 0.215. The molecule has 1 heterocycles. The zero-order valence-corrected chi connectivity index (χ0v) is 16.5. The smallest absolute Gasteiger partial charge is 0.291 e. The van der Waals surface area contributed by atoms with Gasteiger partial charge in [-0.25, -0.2) is 0 Å². The fraction of sp³-hybridized carbons (Fsp3) is 0.0800. The van der Waals surface area contributed by atoms with Crippen molar-refractivity contribution in [1.29, 1.82) is 0 Å². The zero-order chi connectivity index (χ0) is 20.8. The number of carbonyl (C=O) groups excluding carboxylic acids is 1. The van der Waals surface area contributed by atoms with Crippen molar-refractivity contribution in [2.24, 2.45) is 0 Å². The molecule has 1 aromatic heterocycles. The molecule has 0 atom stereocenters. The van der Waals surface area contributed by atoms with E-state index in [0.717, 1.165) is 11.1 Å². The molecule has 0 spiro atoms. The number of nitrogens with one attached hydrogen (secondary N) is 1. The van der Waals surface area contributed by atoms with Crippen molar-refractivity contribution in [3.63, 3.8) is 0 Å². The molecule has 0 saturated heterocycles. The molecule has 0 saturated carbocycles. The number of methoxy groups -OCH3 is 1. The maximum absolute atomic E-state index is 12.5. The van der Waals surface area contributed by atoms with Gasteiger partial charge in [-0.05, 0) is 47.5 Å². The van der Waals surface area contributed by atoms with Crippen LogP contribution >= 0.6 is 0 Å². The van der Waals surface area contributed by atoms with E-state index in [0.29, 0.717) is 22.9 Å². The highest BCUT2D eigenvalue weighted by Crippen LogP contribution is 2.22. The lowest BCUT2D eigenvalue weighted by Crippen LogP contribution is -2.10. The van der Waals surface area contributed by atoms with E-state index in [9.17, 15) is 4.79 Å². The highest BCUT2D eigenvalue weighted by atomic mass is 16.5. The molecule has 1 amide bonds. The van der Waals surface area contributed by atoms with Gasteiger partial charge in [0.2, 0.25) is 0 Å². The summed E-state index contributed by atoms with van der Waals surface area (Å²) in [5.74, 6) is 1.85.